The number of piperidine rings is 1. The summed E-state index contributed by atoms with van der Waals surface area (Å²) in [5.41, 5.74) is 2.44. The van der Waals surface area contributed by atoms with Crippen molar-refractivity contribution in [2.24, 2.45) is 7.05 Å². The Balaban J connectivity index is 0.00000196. The summed E-state index contributed by atoms with van der Waals surface area (Å²) in [4.78, 5) is 21.2. The molecule has 0 spiro atoms. The van der Waals surface area contributed by atoms with Gasteiger partial charge in [0, 0.05) is 25.8 Å². The fourth-order valence-electron chi connectivity index (χ4n) is 3.35. The first-order chi connectivity index (χ1) is 12.2. The van der Waals surface area contributed by atoms with Gasteiger partial charge in [0.05, 0.1) is 23.9 Å². The molecule has 2 N–H and O–H groups in total. The zero-order valence-corrected chi connectivity index (χ0v) is 15.5. The minimum atomic E-state index is -0.172. The number of halogens is 1. The van der Waals surface area contributed by atoms with Crippen molar-refractivity contribution in [3.05, 3.63) is 48.3 Å². The second-order valence-corrected chi connectivity index (χ2v) is 6.46. The SMILES string of the molecule is Cl.Cn1c(CNC(=O)c2cn(C3CCCNC3)cn2)nc2ccccc21. The number of carbonyl (C=O) groups excluding carboxylic acids is 1. The van der Waals surface area contributed by atoms with Crippen molar-refractivity contribution in [1.82, 2.24) is 29.7 Å². The van der Waals surface area contributed by atoms with E-state index >= 15 is 0 Å². The first-order valence-electron chi connectivity index (χ1n) is 8.65. The van der Waals surface area contributed by atoms with Crippen LogP contribution in [-0.2, 0) is 13.6 Å². The quantitative estimate of drug-likeness (QED) is 0.732. The number of fused-ring (bicyclic) bond motifs is 1. The summed E-state index contributed by atoms with van der Waals surface area (Å²) in [6.07, 6.45) is 5.85. The lowest BCUT2D eigenvalue weighted by atomic mass is 10.1. The molecular formula is C18H23ClN6O. The molecule has 1 fully saturated rings. The van der Waals surface area contributed by atoms with Crippen LogP contribution in [0.1, 0.15) is 35.2 Å². The van der Waals surface area contributed by atoms with E-state index in [9.17, 15) is 4.79 Å². The van der Waals surface area contributed by atoms with Gasteiger partial charge in [-0.15, -0.1) is 12.4 Å². The van der Waals surface area contributed by atoms with Crippen molar-refractivity contribution in [3.8, 4) is 0 Å². The third kappa shape index (κ3) is 3.59. The van der Waals surface area contributed by atoms with Gasteiger partial charge < -0.3 is 19.8 Å². The summed E-state index contributed by atoms with van der Waals surface area (Å²) in [6, 6.07) is 8.32. The molecule has 8 heteroatoms. The zero-order valence-electron chi connectivity index (χ0n) is 14.7. The largest absolute Gasteiger partial charge is 0.343 e. The average molecular weight is 375 g/mol. The number of hydrogen-bond acceptors (Lipinski definition) is 4. The van der Waals surface area contributed by atoms with Gasteiger partial charge in [0.2, 0.25) is 0 Å². The lowest BCUT2D eigenvalue weighted by molar-refractivity contribution is 0.0945. The maximum atomic E-state index is 12.4. The summed E-state index contributed by atoms with van der Waals surface area (Å²) in [5, 5.41) is 6.30. The Morgan fingerprint density at radius 3 is 3.00 bits per heavy atom. The minimum Gasteiger partial charge on any atom is -0.343 e. The van der Waals surface area contributed by atoms with E-state index in [1.807, 2.05) is 46.6 Å². The van der Waals surface area contributed by atoms with Crippen LogP contribution in [0.3, 0.4) is 0 Å². The normalized spacial score (nSPS) is 17.0. The van der Waals surface area contributed by atoms with Crippen LogP contribution in [0.2, 0.25) is 0 Å². The summed E-state index contributed by atoms with van der Waals surface area (Å²) in [6.45, 7) is 2.37. The van der Waals surface area contributed by atoms with Gasteiger partial charge in [-0.3, -0.25) is 4.79 Å². The van der Waals surface area contributed by atoms with Crippen molar-refractivity contribution < 1.29 is 4.79 Å². The molecule has 0 bridgehead atoms. The molecule has 1 atom stereocenters. The summed E-state index contributed by atoms with van der Waals surface area (Å²) < 4.78 is 4.04. The molecule has 26 heavy (non-hydrogen) atoms. The van der Waals surface area contributed by atoms with Crippen LogP contribution in [0.4, 0.5) is 0 Å². The van der Waals surface area contributed by atoms with Crippen LogP contribution in [0.5, 0.6) is 0 Å². The Hall–Kier alpha value is -2.38. The lowest BCUT2D eigenvalue weighted by Gasteiger charge is -2.23. The maximum absolute atomic E-state index is 12.4. The number of nitrogens with one attached hydrogen (secondary N) is 2. The highest BCUT2D eigenvalue weighted by Crippen LogP contribution is 2.17. The summed E-state index contributed by atoms with van der Waals surface area (Å²) in [5.74, 6) is 0.653. The Morgan fingerprint density at radius 1 is 1.38 bits per heavy atom. The molecule has 2 aromatic heterocycles. The third-order valence-electron chi connectivity index (χ3n) is 4.81. The molecule has 1 aromatic carbocycles. The Bertz CT molecular complexity index is 896. The standard InChI is InChI=1S/C18H22N6O.ClH/c1-23-16-7-3-2-6-14(16)22-17(23)10-20-18(25)15-11-24(12-21-15)13-5-4-8-19-9-13;/h2-3,6-7,11-13,19H,4-5,8-10H2,1H3,(H,20,25);1H. The number of imidazole rings is 2. The number of amides is 1. The van der Waals surface area contributed by atoms with Gasteiger partial charge in [0.25, 0.3) is 5.91 Å². The van der Waals surface area contributed by atoms with Gasteiger partial charge in [-0.1, -0.05) is 12.1 Å². The number of aryl methyl sites for hydroxylation is 1. The number of nitrogens with zero attached hydrogens (tertiary/aromatic N) is 4. The molecule has 1 aliphatic rings. The van der Waals surface area contributed by atoms with Gasteiger partial charge in [0.15, 0.2) is 0 Å². The number of aromatic nitrogens is 4. The predicted octanol–water partition coefficient (Wildman–Crippen LogP) is 2.05. The molecule has 1 unspecified atom stereocenters. The van der Waals surface area contributed by atoms with Crippen LogP contribution in [0.15, 0.2) is 36.8 Å². The van der Waals surface area contributed by atoms with Crippen LogP contribution in [0, 0.1) is 0 Å². The van der Waals surface area contributed by atoms with Gasteiger partial charge in [-0.2, -0.15) is 0 Å². The molecule has 0 radical (unpaired) electrons. The van der Waals surface area contributed by atoms with Gasteiger partial charge in [-0.05, 0) is 31.5 Å². The van der Waals surface area contributed by atoms with E-state index < -0.39 is 0 Å². The number of carbonyl (C=O) groups is 1. The van der Waals surface area contributed by atoms with Gasteiger partial charge in [-0.25, -0.2) is 9.97 Å². The van der Waals surface area contributed by atoms with Crippen molar-refractivity contribution in [1.29, 1.82) is 0 Å². The van der Waals surface area contributed by atoms with Crippen LogP contribution in [0.25, 0.3) is 11.0 Å². The zero-order chi connectivity index (χ0) is 17.2. The van der Waals surface area contributed by atoms with Crippen molar-refractivity contribution in [2.45, 2.75) is 25.4 Å². The van der Waals surface area contributed by atoms with E-state index in [0.717, 1.165) is 42.8 Å². The molecule has 4 rings (SSSR count). The topological polar surface area (TPSA) is 76.8 Å². The third-order valence-corrected chi connectivity index (χ3v) is 4.81. The van der Waals surface area contributed by atoms with Gasteiger partial charge >= 0.3 is 0 Å². The number of hydrogen-bond donors (Lipinski definition) is 2. The van der Waals surface area contributed by atoms with E-state index in [1.54, 1.807) is 6.33 Å². The highest BCUT2D eigenvalue weighted by atomic mass is 35.5. The summed E-state index contributed by atoms with van der Waals surface area (Å²) >= 11 is 0. The Labute approximate surface area is 158 Å². The van der Waals surface area contributed by atoms with Gasteiger partial charge in [0.1, 0.15) is 11.5 Å². The highest BCUT2D eigenvalue weighted by molar-refractivity contribution is 5.92. The minimum absolute atomic E-state index is 0. The maximum Gasteiger partial charge on any atom is 0.271 e. The monoisotopic (exact) mass is 374 g/mol. The second kappa shape index (κ2) is 7.88. The van der Waals surface area contributed by atoms with Crippen LogP contribution >= 0.6 is 12.4 Å². The lowest BCUT2D eigenvalue weighted by Crippen LogP contribution is -2.31. The molecule has 1 saturated heterocycles. The van der Waals surface area contributed by atoms with Crippen LogP contribution < -0.4 is 10.6 Å². The number of benzene rings is 1. The fraction of sp³-hybridized carbons (Fsp3) is 0.389. The molecular weight excluding hydrogens is 352 g/mol. The summed E-state index contributed by atoms with van der Waals surface area (Å²) in [7, 11) is 1.96. The highest BCUT2D eigenvalue weighted by Gasteiger charge is 2.17. The molecule has 0 aliphatic carbocycles. The smallest absolute Gasteiger partial charge is 0.271 e. The number of para-hydroxylation sites is 2. The second-order valence-electron chi connectivity index (χ2n) is 6.46. The number of rotatable bonds is 4. The molecule has 1 amide bonds. The molecule has 0 saturated carbocycles. The molecule has 3 aromatic rings. The van der Waals surface area contributed by atoms with E-state index in [0.29, 0.717) is 18.3 Å². The first kappa shape index (κ1) is 18.4. The molecule has 138 valence electrons. The van der Waals surface area contributed by atoms with Crippen molar-refractivity contribution in [3.63, 3.8) is 0 Å². The predicted molar refractivity (Wildman–Crippen MR) is 102 cm³/mol. The van der Waals surface area contributed by atoms with E-state index in [-0.39, 0.29) is 18.3 Å². The van der Waals surface area contributed by atoms with Crippen molar-refractivity contribution >= 4 is 29.3 Å². The Kier molecular flexibility index (Phi) is 5.58. The van der Waals surface area contributed by atoms with Crippen molar-refractivity contribution in [2.75, 3.05) is 13.1 Å². The Morgan fingerprint density at radius 2 is 2.23 bits per heavy atom. The van der Waals surface area contributed by atoms with Crippen LogP contribution in [-0.4, -0.2) is 38.1 Å². The molecule has 1 aliphatic heterocycles. The average Bonchev–Trinajstić information content (AvgIpc) is 3.26. The molecule has 7 nitrogen and oxygen atoms in total. The first-order valence-corrected chi connectivity index (χ1v) is 8.65. The van der Waals surface area contributed by atoms with E-state index in [1.165, 1.54) is 0 Å². The molecule has 3 heterocycles. The van der Waals surface area contributed by atoms with E-state index in [2.05, 4.69) is 20.6 Å². The van der Waals surface area contributed by atoms with E-state index in [4.69, 9.17) is 0 Å². The fourth-order valence-corrected chi connectivity index (χ4v) is 3.35.